The third-order valence-corrected chi connectivity index (χ3v) is 5.83. The van der Waals surface area contributed by atoms with Crippen LogP contribution < -0.4 is 9.75 Å². The Balaban J connectivity index is 1.50. The van der Waals surface area contributed by atoms with Gasteiger partial charge in [0, 0.05) is 18.2 Å². The number of aromatic nitrogens is 3. The zero-order chi connectivity index (χ0) is 18.8. The number of fused-ring (bicyclic) bond motifs is 1. The Morgan fingerprint density at radius 1 is 1.26 bits per heavy atom. The smallest absolute Gasteiger partial charge is 0.241 e. The Labute approximate surface area is 159 Å². The van der Waals surface area contributed by atoms with Gasteiger partial charge in [-0.1, -0.05) is 24.6 Å². The minimum Gasteiger partial charge on any atom is -0.482 e. The molecule has 1 fully saturated rings. The molecule has 27 heavy (non-hydrogen) atoms. The predicted molar refractivity (Wildman–Crippen MR) is 96.1 cm³/mol. The number of hydrogen-bond donors (Lipinski definition) is 0. The molecular formula is C18H20F2N4O2S. The van der Waals surface area contributed by atoms with Crippen molar-refractivity contribution in [1.82, 2.24) is 14.9 Å². The van der Waals surface area contributed by atoms with Crippen molar-refractivity contribution in [3.8, 4) is 5.75 Å². The molecule has 0 bridgehead atoms. The van der Waals surface area contributed by atoms with Gasteiger partial charge in [-0.05, 0) is 30.9 Å². The van der Waals surface area contributed by atoms with Gasteiger partial charge in [-0.3, -0.25) is 4.79 Å². The van der Waals surface area contributed by atoms with Crippen molar-refractivity contribution >= 4 is 17.7 Å². The molecule has 1 aliphatic heterocycles. The summed E-state index contributed by atoms with van der Waals surface area (Å²) >= 11 is 1.52. The van der Waals surface area contributed by atoms with Crippen LogP contribution in [0.4, 0.5) is 8.78 Å². The van der Waals surface area contributed by atoms with Gasteiger partial charge in [0.25, 0.3) is 0 Å². The van der Waals surface area contributed by atoms with Gasteiger partial charge >= 0.3 is 0 Å². The van der Waals surface area contributed by atoms with Crippen LogP contribution in [0.2, 0.25) is 0 Å². The normalized spacial score (nSPS) is 17.2. The monoisotopic (exact) mass is 394 g/mol. The summed E-state index contributed by atoms with van der Waals surface area (Å²) in [5.74, 6) is 0.151. The SMILES string of the molecule is O=C(CC1CCCC1)N1CCSc2nnc(COc3ccc(F)cc3F)n21. The number of hydrogen-bond acceptors (Lipinski definition) is 5. The van der Waals surface area contributed by atoms with E-state index in [2.05, 4.69) is 10.2 Å². The number of benzene rings is 1. The van der Waals surface area contributed by atoms with E-state index in [0.717, 1.165) is 30.7 Å². The van der Waals surface area contributed by atoms with Crippen molar-refractivity contribution in [2.24, 2.45) is 5.92 Å². The highest BCUT2D eigenvalue weighted by Gasteiger charge is 2.29. The highest BCUT2D eigenvalue weighted by Crippen LogP contribution is 2.30. The quantitative estimate of drug-likeness (QED) is 0.779. The van der Waals surface area contributed by atoms with Crippen LogP contribution in [0.3, 0.4) is 0 Å². The molecule has 0 saturated heterocycles. The molecule has 2 aromatic rings. The highest BCUT2D eigenvalue weighted by molar-refractivity contribution is 7.99. The van der Waals surface area contributed by atoms with Gasteiger partial charge in [-0.15, -0.1) is 10.2 Å². The molecule has 144 valence electrons. The lowest BCUT2D eigenvalue weighted by Gasteiger charge is -2.30. The maximum Gasteiger partial charge on any atom is 0.241 e. The summed E-state index contributed by atoms with van der Waals surface area (Å²) in [6.07, 6.45) is 5.10. The minimum absolute atomic E-state index is 0.0532. The van der Waals surface area contributed by atoms with E-state index >= 15 is 0 Å². The zero-order valence-electron chi connectivity index (χ0n) is 14.7. The lowest BCUT2D eigenvalue weighted by molar-refractivity contribution is -0.121. The van der Waals surface area contributed by atoms with Gasteiger partial charge in [0.2, 0.25) is 11.1 Å². The minimum atomic E-state index is -0.781. The van der Waals surface area contributed by atoms with Crippen molar-refractivity contribution in [1.29, 1.82) is 0 Å². The van der Waals surface area contributed by atoms with Crippen LogP contribution in [-0.4, -0.2) is 33.1 Å². The Morgan fingerprint density at radius 3 is 2.85 bits per heavy atom. The average Bonchev–Trinajstić information content (AvgIpc) is 3.30. The molecule has 4 rings (SSSR count). The van der Waals surface area contributed by atoms with E-state index in [-0.39, 0.29) is 18.3 Å². The highest BCUT2D eigenvalue weighted by atomic mass is 32.2. The van der Waals surface area contributed by atoms with E-state index in [4.69, 9.17) is 4.74 Å². The van der Waals surface area contributed by atoms with Crippen molar-refractivity contribution < 1.29 is 18.3 Å². The number of amides is 1. The van der Waals surface area contributed by atoms with Crippen molar-refractivity contribution in [3.63, 3.8) is 0 Å². The molecule has 1 aliphatic carbocycles. The maximum absolute atomic E-state index is 13.8. The molecule has 0 radical (unpaired) electrons. The van der Waals surface area contributed by atoms with Gasteiger partial charge < -0.3 is 4.74 Å². The molecule has 1 aromatic heterocycles. The molecule has 0 N–H and O–H groups in total. The Hall–Kier alpha value is -2.16. The summed E-state index contributed by atoms with van der Waals surface area (Å²) in [6.45, 7) is 0.502. The first-order valence-corrected chi connectivity index (χ1v) is 10.1. The fraction of sp³-hybridized carbons (Fsp3) is 0.500. The molecule has 6 nitrogen and oxygen atoms in total. The van der Waals surface area contributed by atoms with E-state index in [0.29, 0.717) is 29.9 Å². The van der Waals surface area contributed by atoms with Crippen LogP contribution >= 0.6 is 11.8 Å². The van der Waals surface area contributed by atoms with Gasteiger partial charge in [0.05, 0.1) is 6.54 Å². The topological polar surface area (TPSA) is 60.3 Å². The molecule has 2 heterocycles. The fourth-order valence-corrected chi connectivity index (χ4v) is 4.45. The van der Waals surface area contributed by atoms with E-state index in [1.807, 2.05) is 0 Å². The van der Waals surface area contributed by atoms with Crippen LogP contribution in [-0.2, 0) is 11.4 Å². The number of ether oxygens (including phenoxy) is 1. The first-order valence-electron chi connectivity index (χ1n) is 9.07. The fourth-order valence-electron chi connectivity index (χ4n) is 3.58. The van der Waals surface area contributed by atoms with Crippen LogP contribution in [0.1, 0.15) is 37.9 Å². The molecule has 1 aromatic carbocycles. The van der Waals surface area contributed by atoms with Gasteiger partial charge in [-0.2, -0.15) is 0 Å². The second-order valence-electron chi connectivity index (χ2n) is 6.79. The lowest BCUT2D eigenvalue weighted by Crippen LogP contribution is -2.46. The van der Waals surface area contributed by atoms with Crippen molar-refractivity contribution in [2.45, 2.75) is 43.9 Å². The van der Waals surface area contributed by atoms with Crippen LogP contribution in [0, 0.1) is 17.6 Å². The number of carbonyl (C=O) groups excluding carboxylic acids is 1. The summed E-state index contributed by atoms with van der Waals surface area (Å²) < 4.78 is 33.9. The Morgan fingerprint density at radius 2 is 2.07 bits per heavy atom. The largest absolute Gasteiger partial charge is 0.482 e. The molecule has 0 atom stereocenters. The van der Waals surface area contributed by atoms with Crippen LogP contribution in [0.25, 0.3) is 0 Å². The summed E-state index contributed by atoms with van der Waals surface area (Å²) in [5, 5.41) is 10.5. The van der Waals surface area contributed by atoms with Crippen LogP contribution in [0.5, 0.6) is 5.75 Å². The molecule has 1 amide bonds. The number of nitrogens with zero attached hydrogens (tertiary/aromatic N) is 4. The Kier molecular flexibility index (Phi) is 5.29. The molecular weight excluding hydrogens is 374 g/mol. The zero-order valence-corrected chi connectivity index (χ0v) is 15.6. The summed E-state index contributed by atoms with van der Waals surface area (Å²) in [7, 11) is 0. The van der Waals surface area contributed by atoms with Gasteiger partial charge in [0.1, 0.15) is 12.4 Å². The summed E-state index contributed by atoms with van der Waals surface area (Å²) in [6, 6.07) is 3.13. The van der Waals surface area contributed by atoms with Crippen molar-refractivity contribution in [3.05, 3.63) is 35.7 Å². The second-order valence-corrected chi connectivity index (χ2v) is 7.86. The third kappa shape index (κ3) is 3.92. The maximum atomic E-state index is 13.8. The molecule has 9 heteroatoms. The number of halogens is 2. The number of carbonyl (C=O) groups is 1. The average molecular weight is 394 g/mol. The van der Waals surface area contributed by atoms with E-state index < -0.39 is 11.6 Å². The van der Waals surface area contributed by atoms with E-state index in [1.54, 1.807) is 9.69 Å². The van der Waals surface area contributed by atoms with E-state index in [1.165, 1.54) is 30.7 Å². The van der Waals surface area contributed by atoms with Gasteiger partial charge in [-0.25, -0.2) is 18.5 Å². The summed E-state index contributed by atoms with van der Waals surface area (Å²) in [4.78, 5) is 12.8. The standard InChI is InChI=1S/C18H20F2N4O2S/c19-13-5-6-15(14(20)10-13)26-11-16-21-22-18-24(16)23(7-8-27-18)17(25)9-12-3-1-2-4-12/h5-6,10,12H,1-4,7-9,11H2. The number of thioether (sulfide) groups is 1. The Bertz CT molecular complexity index is 839. The molecule has 2 aliphatic rings. The van der Waals surface area contributed by atoms with Crippen LogP contribution in [0.15, 0.2) is 23.4 Å². The van der Waals surface area contributed by atoms with E-state index in [9.17, 15) is 13.6 Å². The van der Waals surface area contributed by atoms with Crippen molar-refractivity contribution in [2.75, 3.05) is 17.3 Å². The second kappa shape index (κ2) is 7.84. The lowest BCUT2D eigenvalue weighted by atomic mass is 10.0. The van der Waals surface area contributed by atoms with Gasteiger partial charge in [0.15, 0.2) is 17.4 Å². The third-order valence-electron chi connectivity index (χ3n) is 4.93. The first-order chi connectivity index (χ1) is 13.1. The molecule has 0 unspecified atom stereocenters. The molecule has 0 spiro atoms. The first kappa shape index (κ1) is 18.2. The number of rotatable bonds is 5. The predicted octanol–water partition coefficient (Wildman–Crippen LogP) is 3.29. The summed E-state index contributed by atoms with van der Waals surface area (Å²) in [5.41, 5.74) is 0. The molecule has 1 saturated carbocycles.